The number of nitrogens with zero attached hydrogens (tertiary/aromatic N) is 2. The molecule has 186 valence electrons. The zero-order valence-electron chi connectivity index (χ0n) is 17.3. The summed E-state index contributed by atoms with van der Waals surface area (Å²) in [7, 11) is 0. The predicted molar refractivity (Wildman–Crippen MR) is 129 cm³/mol. The Hall–Kier alpha value is -2.15. The van der Waals surface area contributed by atoms with E-state index in [1.54, 1.807) is 30.3 Å². The summed E-state index contributed by atoms with van der Waals surface area (Å²) >= 11 is 6.42. The molecule has 0 unspecified atom stereocenters. The van der Waals surface area contributed by atoms with Gasteiger partial charge in [-0.15, -0.1) is 36.2 Å². The van der Waals surface area contributed by atoms with Gasteiger partial charge >= 0.3 is 12.2 Å². The molecule has 0 spiro atoms. The van der Waals surface area contributed by atoms with Crippen LogP contribution in [0.15, 0.2) is 42.6 Å². The third-order valence-electron chi connectivity index (χ3n) is 4.02. The summed E-state index contributed by atoms with van der Waals surface area (Å²) in [4.78, 5) is 20.3. The molecule has 0 atom stereocenters. The Balaban J connectivity index is 0.00000289. The van der Waals surface area contributed by atoms with E-state index in [1.165, 1.54) is 12.3 Å². The Kier molecular flexibility index (Phi) is 12.0. The van der Waals surface area contributed by atoms with Crippen LogP contribution >= 0.6 is 47.8 Å². The number of hydrogen-bond donors (Lipinski definition) is 3. The van der Waals surface area contributed by atoms with Crippen LogP contribution in [-0.4, -0.2) is 34.3 Å². The molecular formula is C20H20Cl3F3N4O3S. The molecule has 2 aromatic heterocycles. The number of nitrogens with one attached hydrogen (secondary N) is 2. The van der Waals surface area contributed by atoms with Gasteiger partial charge in [-0.3, -0.25) is 4.98 Å². The van der Waals surface area contributed by atoms with Crippen LogP contribution in [0.5, 0.6) is 0 Å². The summed E-state index contributed by atoms with van der Waals surface area (Å²) in [6, 6.07) is 8.96. The van der Waals surface area contributed by atoms with Crippen molar-refractivity contribution in [1.29, 1.82) is 0 Å². The van der Waals surface area contributed by atoms with E-state index in [4.69, 9.17) is 21.4 Å². The number of amides is 2. The van der Waals surface area contributed by atoms with Crippen LogP contribution in [0.25, 0.3) is 11.3 Å². The van der Waals surface area contributed by atoms with Crippen molar-refractivity contribution in [2.24, 2.45) is 0 Å². The number of alkyl halides is 3. The van der Waals surface area contributed by atoms with Crippen LogP contribution in [0, 0.1) is 0 Å². The quantitative estimate of drug-likeness (QED) is 0.315. The monoisotopic (exact) mass is 558 g/mol. The average molecular weight is 560 g/mol. The van der Waals surface area contributed by atoms with E-state index in [9.17, 15) is 18.0 Å². The lowest BCUT2D eigenvalue weighted by atomic mass is 10.1. The number of urea groups is 1. The summed E-state index contributed by atoms with van der Waals surface area (Å²) in [6.45, 7) is 0.145. The number of thiazole rings is 1. The largest absolute Gasteiger partial charge is 0.443 e. The molecule has 2 heterocycles. The number of carbonyl (C=O) groups is 1. The first-order valence-electron chi connectivity index (χ1n) is 9.27. The van der Waals surface area contributed by atoms with Gasteiger partial charge in [0.05, 0.1) is 54.5 Å². The highest BCUT2D eigenvalue weighted by Crippen LogP contribution is 2.38. The third-order valence-corrected chi connectivity index (χ3v) is 5.35. The van der Waals surface area contributed by atoms with Crippen molar-refractivity contribution < 1.29 is 27.8 Å². The zero-order chi connectivity index (χ0) is 23.1. The van der Waals surface area contributed by atoms with E-state index in [2.05, 4.69) is 20.6 Å². The summed E-state index contributed by atoms with van der Waals surface area (Å²) in [5.74, 6) is 0. The maximum absolute atomic E-state index is 13.2. The number of aromatic nitrogens is 2. The van der Waals surface area contributed by atoms with Crippen molar-refractivity contribution in [3.8, 4) is 11.3 Å². The Morgan fingerprint density at radius 2 is 1.97 bits per heavy atom. The second-order valence-corrected chi connectivity index (χ2v) is 7.94. The number of carbonyl (C=O) groups excluding carboxylic acids is 1. The van der Waals surface area contributed by atoms with Gasteiger partial charge in [-0.05, 0) is 24.3 Å². The number of pyridine rings is 1. The van der Waals surface area contributed by atoms with Crippen molar-refractivity contribution in [1.82, 2.24) is 15.3 Å². The Morgan fingerprint density at radius 3 is 2.59 bits per heavy atom. The van der Waals surface area contributed by atoms with Crippen molar-refractivity contribution in [3.05, 3.63) is 63.2 Å². The lowest BCUT2D eigenvalue weighted by Crippen LogP contribution is -2.28. The minimum absolute atomic E-state index is 0. The zero-order valence-corrected chi connectivity index (χ0v) is 20.5. The van der Waals surface area contributed by atoms with Crippen LogP contribution < -0.4 is 10.6 Å². The van der Waals surface area contributed by atoms with E-state index < -0.39 is 17.2 Å². The molecule has 0 bridgehead atoms. The van der Waals surface area contributed by atoms with Crippen LogP contribution in [0.3, 0.4) is 0 Å². The highest BCUT2D eigenvalue weighted by atomic mass is 35.5. The molecule has 0 aliphatic carbocycles. The van der Waals surface area contributed by atoms with Crippen molar-refractivity contribution in [2.45, 2.75) is 19.3 Å². The number of ether oxygens (including phenoxy) is 1. The molecular weight excluding hydrogens is 540 g/mol. The van der Waals surface area contributed by atoms with Gasteiger partial charge in [0, 0.05) is 10.6 Å². The van der Waals surface area contributed by atoms with Crippen molar-refractivity contribution in [2.75, 3.05) is 18.5 Å². The number of anilines is 1. The fourth-order valence-corrected chi connectivity index (χ4v) is 3.70. The minimum atomic E-state index is -4.60. The molecule has 0 aliphatic rings. The van der Waals surface area contributed by atoms with Crippen LogP contribution in [0.2, 0.25) is 5.02 Å². The van der Waals surface area contributed by atoms with Gasteiger partial charge in [-0.2, -0.15) is 13.2 Å². The van der Waals surface area contributed by atoms with E-state index in [0.29, 0.717) is 33.3 Å². The summed E-state index contributed by atoms with van der Waals surface area (Å²) in [5.41, 5.74) is 1.53. The number of aliphatic hydroxyl groups is 1. The Bertz CT molecular complexity index is 1070. The first-order valence-corrected chi connectivity index (χ1v) is 10.5. The van der Waals surface area contributed by atoms with Gasteiger partial charge in [0.25, 0.3) is 0 Å². The van der Waals surface area contributed by atoms with Gasteiger partial charge in [-0.1, -0.05) is 23.7 Å². The SMILES string of the molecule is Cl.Cl.O=C(NCc1sc(C(F)(F)F)nc1-c1cccc(Cl)c1)Nc1ccc(COCCO)nc1. The van der Waals surface area contributed by atoms with Gasteiger partial charge in [0.2, 0.25) is 0 Å². The number of rotatable bonds is 8. The van der Waals surface area contributed by atoms with E-state index in [0.717, 1.165) is 0 Å². The molecule has 7 nitrogen and oxygen atoms in total. The molecule has 0 saturated heterocycles. The molecule has 1 aromatic carbocycles. The molecule has 14 heteroatoms. The van der Waals surface area contributed by atoms with Crippen molar-refractivity contribution in [3.63, 3.8) is 0 Å². The molecule has 3 aromatic rings. The lowest BCUT2D eigenvalue weighted by molar-refractivity contribution is -0.137. The fourth-order valence-electron chi connectivity index (χ4n) is 2.62. The van der Waals surface area contributed by atoms with E-state index in [-0.39, 0.29) is 61.8 Å². The molecule has 0 fully saturated rings. The molecule has 3 rings (SSSR count). The number of aliphatic hydroxyl groups excluding tert-OH is 1. The summed E-state index contributed by atoms with van der Waals surface area (Å²) in [6.07, 6.45) is -3.18. The van der Waals surface area contributed by atoms with Crippen LogP contribution in [-0.2, 0) is 24.1 Å². The lowest BCUT2D eigenvalue weighted by Gasteiger charge is -2.08. The number of benzene rings is 1. The second-order valence-electron chi connectivity index (χ2n) is 6.42. The normalized spacial score (nSPS) is 10.7. The van der Waals surface area contributed by atoms with Crippen LogP contribution in [0.1, 0.15) is 15.6 Å². The van der Waals surface area contributed by atoms with E-state index in [1.807, 2.05) is 0 Å². The molecule has 0 saturated carbocycles. The Morgan fingerprint density at radius 1 is 1.21 bits per heavy atom. The third kappa shape index (κ3) is 8.57. The highest BCUT2D eigenvalue weighted by molar-refractivity contribution is 7.12. The molecule has 0 radical (unpaired) electrons. The number of halogens is 6. The molecule has 0 aliphatic heterocycles. The Labute approximate surface area is 214 Å². The van der Waals surface area contributed by atoms with Gasteiger partial charge in [-0.25, -0.2) is 9.78 Å². The maximum atomic E-state index is 13.2. The standard InChI is InChI=1S/C20H18ClF3N4O3S.2ClH/c21-13-3-1-2-12(8-13)17-16(32-18(28-17)20(22,23)24)10-26-19(30)27-14-4-5-15(25-9-14)11-31-7-6-29;;/h1-5,8-9,29H,6-7,10-11H2,(H2,26,27,30);2*1H. The minimum Gasteiger partial charge on any atom is -0.394 e. The molecule has 2 amide bonds. The van der Waals surface area contributed by atoms with E-state index >= 15 is 0 Å². The first-order chi connectivity index (χ1) is 15.3. The summed E-state index contributed by atoms with van der Waals surface area (Å²) in [5, 5.41) is 13.1. The summed E-state index contributed by atoms with van der Waals surface area (Å²) < 4.78 is 44.7. The number of hydrogen-bond acceptors (Lipinski definition) is 6. The van der Waals surface area contributed by atoms with Gasteiger partial charge in [0.15, 0.2) is 5.01 Å². The highest BCUT2D eigenvalue weighted by Gasteiger charge is 2.36. The average Bonchev–Trinajstić information content (AvgIpc) is 3.19. The topological polar surface area (TPSA) is 96.4 Å². The molecule has 34 heavy (non-hydrogen) atoms. The van der Waals surface area contributed by atoms with Crippen LogP contribution in [0.4, 0.5) is 23.7 Å². The van der Waals surface area contributed by atoms with Crippen molar-refractivity contribution >= 4 is 59.5 Å². The van der Waals surface area contributed by atoms with Gasteiger partial charge < -0.3 is 20.5 Å². The second kappa shape index (κ2) is 13.7. The fraction of sp³-hybridized carbons (Fsp3) is 0.250. The van der Waals surface area contributed by atoms with Gasteiger partial charge in [0.1, 0.15) is 0 Å². The maximum Gasteiger partial charge on any atom is 0.443 e. The smallest absolute Gasteiger partial charge is 0.394 e. The molecule has 3 N–H and O–H groups in total. The first kappa shape index (κ1) is 29.9. The predicted octanol–water partition coefficient (Wildman–Crippen LogP) is 5.55.